The molecule has 0 aliphatic rings. The van der Waals surface area contributed by atoms with Gasteiger partial charge in [0, 0.05) is 0 Å². The Hall–Kier alpha value is -1.84. The maximum Gasteiger partial charge on any atom is 0.394 e. The lowest BCUT2D eigenvalue weighted by Crippen LogP contribution is -1.99. The molecule has 17 heavy (non-hydrogen) atoms. The third-order valence-electron chi connectivity index (χ3n) is 1.48. The topological polar surface area (TPSA) is 147 Å². The number of hydrogen-bond donors (Lipinski definition) is 4. The van der Waals surface area contributed by atoms with E-state index in [1.165, 1.54) is 25.3 Å². The van der Waals surface area contributed by atoms with Gasteiger partial charge in [0.15, 0.2) is 0 Å². The molecule has 0 radical (unpaired) electrons. The fourth-order valence-electron chi connectivity index (χ4n) is 0.844. The van der Waals surface area contributed by atoms with Gasteiger partial charge < -0.3 is 15.6 Å². The highest BCUT2D eigenvalue weighted by Crippen LogP contribution is 2.21. The molecule has 0 amide bonds. The van der Waals surface area contributed by atoms with E-state index in [1.807, 2.05) is 0 Å². The summed E-state index contributed by atoms with van der Waals surface area (Å²) < 4.78 is 36.4. The Morgan fingerprint density at radius 1 is 1.35 bits per heavy atom. The first kappa shape index (κ1) is 15.2. The van der Waals surface area contributed by atoms with Gasteiger partial charge in [0.1, 0.15) is 5.75 Å². The third-order valence-corrected chi connectivity index (χ3v) is 1.48. The summed E-state index contributed by atoms with van der Waals surface area (Å²) in [7, 11) is -3.22. The zero-order valence-electron chi connectivity index (χ0n) is 8.69. The van der Waals surface area contributed by atoms with Gasteiger partial charge in [0.05, 0.1) is 18.4 Å². The summed E-state index contributed by atoms with van der Waals surface area (Å²) in [6.07, 6.45) is 0. The van der Waals surface area contributed by atoms with Crippen molar-refractivity contribution < 1.29 is 32.2 Å². The summed E-state index contributed by atoms with van der Waals surface area (Å²) in [6.45, 7) is 0. The van der Waals surface area contributed by atoms with Crippen LogP contribution in [0, 0.1) is 0 Å². The molecule has 0 spiro atoms. The van der Waals surface area contributed by atoms with Crippen molar-refractivity contribution in [2.75, 3.05) is 12.8 Å². The number of carboxylic acids is 1. The van der Waals surface area contributed by atoms with Crippen molar-refractivity contribution in [2.24, 2.45) is 0 Å². The van der Waals surface area contributed by atoms with Crippen LogP contribution in [0.2, 0.25) is 0 Å². The number of anilines is 1. The number of ether oxygens (including phenoxy) is 1. The minimum absolute atomic E-state index is 0.168. The highest BCUT2D eigenvalue weighted by atomic mass is 32.3. The second kappa shape index (κ2) is 6.03. The van der Waals surface area contributed by atoms with Gasteiger partial charge in [-0.05, 0) is 18.2 Å². The molecule has 5 N–H and O–H groups in total. The highest BCUT2D eigenvalue weighted by molar-refractivity contribution is 7.79. The number of nitrogens with two attached hydrogens (primary N) is 1. The molecule has 0 fully saturated rings. The molecule has 8 nitrogen and oxygen atoms in total. The second-order valence-electron chi connectivity index (χ2n) is 2.71. The molecule has 0 saturated carbocycles. The van der Waals surface area contributed by atoms with Gasteiger partial charge in [-0.3, -0.25) is 9.11 Å². The Morgan fingerprint density at radius 2 is 1.82 bits per heavy atom. The number of nitrogen functional groups attached to an aromatic ring is 1. The van der Waals surface area contributed by atoms with E-state index in [-0.39, 0.29) is 5.56 Å². The molecule has 0 bridgehead atoms. The van der Waals surface area contributed by atoms with Crippen LogP contribution in [0.25, 0.3) is 0 Å². The summed E-state index contributed by atoms with van der Waals surface area (Å²) in [5.41, 5.74) is 6.08. The van der Waals surface area contributed by atoms with Crippen molar-refractivity contribution in [3.05, 3.63) is 23.8 Å². The molecular formula is C8H11NO7S. The van der Waals surface area contributed by atoms with Crippen molar-refractivity contribution in [2.45, 2.75) is 0 Å². The molecule has 9 heteroatoms. The van der Waals surface area contributed by atoms with Crippen molar-refractivity contribution in [3.63, 3.8) is 0 Å². The molecule has 0 aromatic heterocycles. The van der Waals surface area contributed by atoms with Crippen molar-refractivity contribution in [1.29, 1.82) is 0 Å². The Morgan fingerprint density at radius 3 is 2.18 bits per heavy atom. The third kappa shape index (κ3) is 7.11. The van der Waals surface area contributed by atoms with Gasteiger partial charge in [-0.15, -0.1) is 0 Å². The number of benzene rings is 1. The quantitative estimate of drug-likeness (QED) is 0.441. The predicted molar refractivity (Wildman–Crippen MR) is 58.5 cm³/mol. The van der Waals surface area contributed by atoms with Crippen LogP contribution in [0.1, 0.15) is 10.4 Å². The van der Waals surface area contributed by atoms with Crippen LogP contribution in [0.5, 0.6) is 5.75 Å². The normalized spacial score (nSPS) is 10.1. The second-order valence-corrected chi connectivity index (χ2v) is 3.61. The lowest BCUT2D eigenvalue weighted by molar-refractivity contribution is 0.0696. The molecule has 0 atom stereocenters. The van der Waals surface area contributed by atoms with Crippen LogP contribution < -0.4 is 10.5 Å². The summed E-state index contributed by atoms with van der Waals surface area (Å²) in [5, 5.41) is 8.60. The van der Waals surface area contributed by atoms with Gasteiger partial charge >= 0.3 is 16.4 Å². The Labute approximate surface area is 97.2 Å². The minimum Gasteiger partial charge on any atom is -0.495 e. The lowest BCUT2D eigenvalue weighted by Gasteiger charge is -2.03. The Kier molecular flexibility index (Phi) is 5.38. The van der Waals surface area contributed by atoms with Gasteiger partial charge in [-0.2, -0.15) is 8.42 Å². The van der Waals surface area contributed by atoms with Crippen LogP contribution in [-0.2, 0) is 10.4 Å². The fraction of sp³-hybridized carbons (Fsp3) is 0.125. The number of carboxylic acid groups (broad SMARTS) is 1. The number of rotatable bonds is 2. The Bertz CT molecular complexity index is 489. The first-order chi connectivity index (χ1) is 7.65. The monoisotopic (exact) mass is 265 g/mol. The molecule has 0 aliphatic carbocycles. The molecule has 0 unspecified atom stereocenters. The average molecular weight is 265 g/mol. The van der Waals surface area contributed by atoms with Crippen molar-refractivity contribution >= 4 is 22.1 Å². The van der Waals surface area contributed by atoms with Crippen molar-refractivity contribution in [1.82, 2.24) is 0 Å². The number of carbonyl (C=O) groups is 1. The maximum absolute atomic E-state index is 10.5. The summed E-state index contributed by atoms with van der Waals surface area (Å²) >= 11 is 0. The largest absolute Gasteiger partial charge is 0.495 e. The molecule has 0 heterocycles. The van der Waals surface area contributed by atoms with E-state index in [0.717, 1.165) is 0 Å². The summed E-state index contributed by atoms with van der Waals surface area (Å²) in [5.74, 6) is -0.608. The molecule has 1 aromatic carbocycles. The zero-order valence-corrected chi connectivity index (χ0v) is 9.51. The van der Waals surface area contributed by atoms with Crippen LogP contribution in [0.3, 0.4) is 0 Å². The maximum atomic E-state index is 10.5. The zero-order chi connectivity index (χ0) is 13.6. The van der Waals surface area contributed by atoms with Crippen LogP contribution in [0.15, 0.2) is 18.2 Å². The van der Waals surface area contributed by atoms with E-state index in [9.17, 15) is 4.79 Å². The SMILES string of the molecule is COc1cc(C(=O)O)ccc1N.O=S(=O)(O)O. The van der Waals surface area contributed by atoms with Gasteiger partial charge in [-0.25, -0.2) is 4.79 Å². The van der Waals surface area contributed by atoms with Gasteiger partial charge in [-0.1, -0.05) is 0 Å². The minimum atomic E-state index is -4.67. The standard InChI is InChI=1S/C8H9NO3.H2O4S/c1-12-7-4-5(8(10)11)2-3-6(7)9;1-5(2,3)4/h2-4H,9H2,1H3,(H,10,11);(H2,1,2,3,4). The number of methoxy groups -OCH3 is 1. The summed E-state index contributed by atoms with van der Waals surface area (Å²) in [4.78, 5) is 10.5. The molecule has 1 aromatic rings. The van der Waals surface area contributed by atoms with Crippen LogP contribution in [0.4, 0.5) is 5.69 Å². The van der Waals surface area contributed by atoms with E-state index in [1.54, 1.807) is 0 Å². The van der Waals surface area contributed by atoms with E-state index >= 15 is 0 Å². The average Bonchev–Trinajstić information content (AvgIpc) is 2.15. The molecule has 96 valence electrons. The van der Waals surface area contributed by atoms with E-state index in [0.29, 0.717) is 11.4 Å². The molecular weight excluding hydrogens is 254 g/mol. The lowest BCUT2D eigenvalue weighted by atomic mass is 10.2. The van der Waals surface area contributed by atoms with E-state index in [4.69, 9.17) is 33.1 Å². The van der Waals surface area contributed by atoms with E-state index in [2.05, 4.69) is 0 Å². The van der Waals surface area contributed by atoms with Crippen LogP contribution in [-0.4, -0.2) is 35.7 Å². The smallest absolute Gasteiger partial charge is 0.394 e. The Balaban J connectivity index is 0.000000437. The number of hydrogen-bond acceptors (Lipinski definition) is 5. The molecule has 0 aliphatic heterocycles. The predicted octanol–water partition coefficient (Wildman–Crippen LogP) is 0.323. The highest BCUT2D eigenvalue weighted by Gasteiger charge is 2.05. The van der Waals surface area contributed by atoms with E-state index < -0.39 is 16.4 Å². The number of aromatic carboxylic acids is 1. The first-order valence-corrected chi connectivity index (χ1v) is 5.41. The summed E-state index contributed by atoms with van der Waals surface area (Å²) in [6, 6.07) is 4.32. The fourth-order valence-corrected chi connectivity index (χ4v) is 0.844. The molecule has 0 saturated heterocycles. The van der Waals surface area contributed by atoms with Crippen LogP contribution >= 0.6 is 0 Å². The van der Waals surface area contributed by atoms with Crippen molar-refractivity contribution in [3.8, 4) is 5.75 Å². The van der Waals surface area contributed by atoms with Gasteiger partial charge in [0.25, 0.3) is 0 Å². The van der Waals surface area contributed by atoms with Gasteiger partial charge in [0.2, 0.25) is 0 Å². The molecule has 1 rings (SSSR count). The first-order valence-electron chi connectivity index (χ1n) is 4.02.